The molecule has 0 unspecified atom stereocenters. The highest BCUT2D eigenvalue weighted by atomic mass is 16.3. The zero-order valence-corrected chi connectivity index (χ0v) is 12.8. The summed E-state index contributed by atoms with van der Waals surface area (Å²) < 4.78 is 1.67. The van der Waals surface area contributed by atoms with Gasteiger partial charge in [-0.25, -0.2) is 15.0 Å². The molecule has 0 aliphatic heterocycles. The van der Waals surface area contributed by atoms with Crippen LogP contribution < -0.4 is 5.32 Å². The predicted molar refractivity (Wildman–Crippen MR) is 87.5 cm³/mol. The number of carbonyl (C=O) groups excluding carboxylic acids is 1. The summed E-state index contributed by atoms with van der Waals surface area (Å²) in [4.78, 5) is 24.8. The molecule has 0 aliphatic rings. The number of hydrogen-bond acceptors (Lipinski definition) is 6. The van der Waals surface area contributed by atoms with Crippen molar-refractivity contribution in [2.75, 3.05) is 18.5 Å². The molecule has 24 heavy (non-hydrogen) atoms. The summed E-state index contributed by atoms with van der Waals surface area (Å²) in [5.74, 6) is 0.00695. The fourth-order valence-electron chi connectivity index (χ4n) is 2.45. The Morgan fingerprint density at radius 3 is 2.67 bits per heavy atom. The maximum atomic E-state index is 12.3. The molecule has 2 heterocycles. The molecule has 0 fully saturated rings. The van der Waals surface area contributed by atoms with Crippen LogP contribution in [0.4, 0.5) is 5.82 Å². The van der Waals surface area contributed by atoms with Crippen LogP contribution in [0.1, 0.15) is 22.8 Å². The van der Waals surface area contributed by atoms with Gasteiger partial charge in [-0.1, -0.05) is 18.2 Å². The molecule has 1 atom stereocenters. The standard InChI is InChI=1S/C16H17N5O3/c22-7-6-12(8-23)21-10-19-13-14(17-9-18-15(13)21)20-16(24)11-4-2-1-3-5-11/h1-5,9-10,12,22-23H,6-8H2,(H,17,18,20,24)/t12-/m0/s1. The number of carbonyl (C=O) groups is 1. The van der Waals surface area contributed by atoms with Crippen LogP contribution in [-0.2, 0) is 0 Å². The number of aliphatic hydroxyl groups excluding tert-OH is 2. The second-order valence-corrected chi connectivity index (χ2v) is 5.22. The van der Waals surface area contributed by atoms with E-state index in [4.69, 9.17) is 5.11 Å². The third kappa shape index (κ3) is 3.10. The highest BCUT2D eigenvalue weighted by Gasteiger charge is 2.17. The number of nitrogens with one attached hydrogen (secondary N) is 1. The molecule has 0 saturated heterocycles. The van der Waals surface area contributed by atoms with Crippen LogP contribution in [0.3, 0.4) is 0 Å². The van der Waals surface area contributed by atoms with Crippen molar-refractivity contribution in [1.29, 1.82) is 0 Å². The van der Waals surface area contributed by atoms with Gasteiger partial charge in [0.15, 0.2) is 17.0 Å². The van der Waals surface area contributed by atoms with E-state index in [1.165, 1.54) is 12.7 Å². The Hall–Kier alpha value is -2.84. The first-order chi connectivity index (χ1) is 11.7. The molecule has 1 aromatic carbocycles. The van der Waals surface area contributed by atoms with E-state index in [-0.39, 0.29) is 25.2 Å². The largest absolute Gasteiger partial charge is 0.396 e. The van der Waals surface area contributed by atoms with Crippen LogP contribution in [0.2, 0.25) is 0 Å². The molecule has 3 rings (SSSR count). The molecule has 0 radical (unpaired) electrons. The smallest absolute Gasteiger partial charge is 0.256 e. The number of aromatic nitrogens is 4. The summed E-state index contributed by atoms with van der Waals surface area (Å²) in [6.45, 7) is -0.213. The summed E-state index contributed by atoms with van der Waals surface area (Å²) in [6.07, 6.45) is 3.22. The zero-order valence-electron chi connectivity index (χ0n) is 12.8. The van der Waals surface area contributed by atoms with Crippen LogP contribution in [0.5, 0.6) is 0 Å². The van der Waals surface area contributed by atoms with Crippen molar-refractivity contribution in [1.82, 2.24) is 19.5 Å². The van der Waals surface area contributed by atoms with Gasteiger partial charge in [-0.2, -0.15) is 0 Å². The third-order valence-electron chi connectivity index (χ3n) is 3.69. The van der Waals surface area contributed by atoms with Crippen molar-refractivity contribution in [2.24, 2.45) is 0 Å². The van der Waals surface area contributed by atoms with Crippen LogP contribution in [0.25, 0.3) is 11.2 Å². The predicted octanol–water partition coefficient (Wildman–Crippen LogP) is 0.994. The Kier molecular flexibility index (Phi) is 4.78. The lowest BCUT2D eigenvalue weighted by Gasteiger charge is -2.14. The summed E-state index contributed by atoms with van der Waals surface area (Å²) in [5, 5.41) is 21.3. The number of anilines is 1. The highest BCUT2D eigenvalue weighted by Crippen LogP contribution is 2.22. The van der Waals surface area contributed by atoms with Crippen molar-refractivity contribution in [3.8, 4) is 0 Å². The average Bonchev–Trinajstić information content (AvgIpc) is 3.05. The van der Waals surface area contributed by atoms with Gasteiger partial charge in [-0.15, -0.1) is 0 Å². The van der Waals surface area contributed by atoms with E-state index < -0.39 is 0 Å². The lowest BCUT2D eigenvalue weighted by atomic mass is 10.2. The Balaban J connectivity index is 1.93. The van der Waals surface area contributed by atoms with Gasteiger partial charge in [0.2, 0.25) is 0 Å². The molecule has 3 N–H and O–H groups in total. The lowest BCUT2D eigenvalue weighted by Crippen LogP contribution is -2.15. The molecular formula is C16H17N5O3. The van der Waals surface area contributed by atoms with Gasteiger partial charge < -0.3 is 20.1 Å². The van der Waals surface area contributed by atoms with E-state index in [9.17, 15) is 9.90 Å². The minimum Gasteiger partial charge on any atom is -0.396 e. The number of amides is 1. The Morgan fingerprint density at radius 1 is 1.17 bits per heavy atom. The normalized spacial score (nSPS) is 12.2. The Labute approximate surface area is 137 Å². The highest BCUT2D eigenvalue weighted by molar-refractivity contribution is 6.06. The number of fused-ring (bicyclic) bond motifs is 1. The van der Waals surface area contributed by atoms with Crippen LogP contribution >= 0.6 is 0 Å². The first-order valence-electron chi connectivity index (χ1n) is 7.50. The lowest BCUT2D eigenvalue weighted by molar-refractivity contribution is 0.102. The third-order valence-corrected chi connectivity index (χ3v) is 3.69. The van der Waals surface area contributed by atoms with Gasteiger partial charge in [0.1, 0.15) is 6.33 Å². The van der Waals surface area contributed by atoms with Crippen LogP contribution in [0, 0.1) is 0 Å². The van der Waals surface area contributed by atoms with Crippen LogP contribution in [0.15, 0.2) is 43.0 Å². The van der Waals surface area contributed by atoms with Crippen molar-refractivity contribution in [3.05, 3.63) is 48.5 Å². The maximum absolute atomic E-state index is 12.3. The molecule has 1 amide bonds. The number of rotatable bonds is 6. The topological polar surface area (TPSA) is 113 Å². The molecule has 0 aliphatic carbocycles. The second-order valence-electron chi connectivity index (χ2n) is 5.22. The van der Waals surface area contributed by atoms with Gasteiger partial charge in [-0.3, -0.25) is 4.79 Å². The zero-order chi connectivity index (χ0) is 16.9. The monoisotopic (exact) mass is 327 g/mol. The van der Waals surface area contributed by atoms with Crippen molar-refractivity contribution < 1.29 is 15.0 Å². The van der Waals surface area contributed by atoms with E-state index in [2.05, 4.69) is 20.3 Å². The van der Waals surface area contributed by atoms with Crippen molar-refractivity contribution >= 4 is 22.9 Å². The number of imidazole rings is 1. The number of benzene rings is 1. The second kappa shape index (κ2) is 7.16. The first kappa shape index (κ1) is 16.0. The molecule has 8 nitrogen and oxygen atoms in total. The summed E-state index contributed by atoms with van der Waals surface area (Å²) >= 11 is 0. The minimum absolute atomic E-state index is 0.0619. The van der Waals surface area contributed by atoms with Crippen LogP contribution in [-0.4, -0.2) is 48.9 Å². The fraction of sp³-hybridized carbons (Fsp3) is 0.250. The Bertz CT molecular complexity index is 834. The average molecular weight is 327 g/mol. The molecule has 3 aromatic rings. The summed E-state index contributed by atoms with van der Waals surface area (Å²) in [5.41, 5.74) is 1.43. The fourth-order valence-corrected chi connectivity index (χ4v) is 2.45. The molecule has 124 valence electrons. The van der Waals surface area contributed by atoms with Gasteiger partial charge >= 0.3 is 0 Å². The number of aliphatic hydroxyl groups is 2. The summed E-state index contributed by atoms with van der Waals surface area (Å²) in [6, 6.07) is 8.45. The SMILES string of the molecule is O=C(Nc1ncnc2c1ncn2[C@H](CO)CCO)c1ccccc1. The van der Waals surface area contributed by atoms with Gasteiger partial charge in [-0.05, 0) is 18.6 Å². The van der Waals surface area contributed by atoms with Crippen molar-refractivity contribution in [3.63, 3.8) is 0 Å². The maximum Gasteiger partial charge on any atom is 0.256 e. The van der Waals surface area contributed by atoms with E-state index in [1.54, 1.807) is 28.8 Å². The number of hydrogen-bond donors (Lipinski definition) is 3. The number of nitrogens with zero attached hydrogens (tertiary/aromatic N) is 4. The Morgan fingerprint density at radius 2 is 1.96 bits per heavy atom. The minimum atomic E-state index is -0.340. The van der Waals surface area contributed by atoms with Gasteiger partial charge in [0.05, 0.1) is 19.0 Å². The quantitative estimate of drug-likeness (QED) is 0.622. The molecule has 0 saturated carbocycles. The van der Waals surface area contributed by atoms with Crippen molar-refractivity contribution in [2.45, 2.75) is 12.5 Å². The molecule has 0 bridgehead atoms. The first-order valence-corrected chi connectivity index (χ1v) is 7.50. The van der Waals surface area contributed by atoms with Gasteiger partial charge in [0.25, 0.3) is 5.91 Å². The van der Waals surface area contributed by atoms with E-state index in [0.29, 0.717) is 29.0 Å². The van der Waals surface area contributed by atoms with Gasteiger partial charge in [0, 0.05) is 12.2 Å². The molecule has 8 heteroatoms. The summed E-state index contributed by atoms with van der Waals surface area (Å²) in [7, 11) is 0. The molecular weight excluding hydrogens is 310 g/mol. The molecule has 0 spiro atoms. The van der Waals surface area contributed by atoms with E-state index in [1.807, 2.05) is 6.07 Å². The van der Waals surface area contributed by atoms with E-state index in [0.717, 1.165) is 0 Å². The molecule has 2 aromatic heterocycles. The van der Waals surface area contributed by atoms with E-state index >= 15 is 0 Å².